The second-order valence-corrected chi connectivity index (χ2v) is 8.43. The summed E-state index contributed by atoms with van der Waals surface area (Å²) in [5.41, 5.74) is 0.807. The third kappa shape index (κ3) is 4.78. The number of sulfonamides is 1. The van der Waals surface area contributed by atoms with Gasteiger partial charge in [-0.05, 0) is 35.9 Å². The standard InChI is InChI=1S/C21H24N2O5S/c1-27-19-10-8-17(16-20(19)28-2)9-11-21(24)22-12-14-23(15-13-22)29(25,26)18-6-4-3-5-7-18/h3-11,16H,12-15H2,1-2H3/b11-9+. The molecule has 0 radical (unpaired) electrons. The number of hydrogen-bond donors (Lipinski definition) is 0. The van der Waals surface area contributed by atoms with E-state index in [0.717, 1.165) is 5.56 Å². The molecule has 0 aliphatic carbocycles. The van der Waals surface area contributed by atoms with E-state index in [1.807, 2.05) is 6.07 Å². The van der Waals surface area contributed by atoms with Crippen LogP contribution in [0.1, 0.15) is 5.56 Å². The average molecular weight is 416 g/mol. The van der Waals surface area contributed by atoms with Gasteiger partial charge in [-0.15, -0.1) is 0 Å². The van der Waals surface area contributed by atoms with Gasteiger partial charge in [-0.1, -0.05) is 24.3 Å². The van der Waals surface area contributed by atoms with Gasteiger partial charge in [-0.3, -0.25) is 4.79 Å². The largest absolute Gasteiger partial charge is 0.493 e. The van der Waals surface area contributed by atoms with Crippen LogP contribution in [-0.4, -0.2) is 63.9 Å². The van der Waals surface area contributed by atoms with Gasteiger partial charge in [0.05, 0.1) is 19.1 Å². The molecule has 0 bridgehead atoms. The lowest BCUT2D eigenvalue weighted by molar-refractivity contribution is -0.127. The van der Waals surface area contributed by atoms with Crippen LogP contribution in [0.5, 0.6) is 11.5 Å². The van der Waals surface area contributed by atoms with Gasteiger partial charge in [0, 0.05) is 32.3 Å². The maximum absolute atomic E-state index is 12.7. The molecule has 8 heteroatoms. The summed E-state index contributed by atoms with van der Waals surface area (Å²) in [4.78, 5) is 14.4. The van der Waals surface area contributed by atoms with Crippen LogP contribution in [-0.2, 0) is 14.8 Å². The highest BCUT2D eigenvalue weighted by Gasteiger charge is 2.29. The average Bonchev–Trinajstić information content (AvgIpc) is 2.77. The summed E-state index contributed by atoms with van der Waals surface area (Å²) < 4.78 is 37.2. The Balaban J connectivity index is 1.61. The summed E-state index contributed by atoms with van der Waals surface area (Å²) in [6.07, 6.45) is 3.19. The molecule has 1 heterocycles. The number of carbonyl (C=O) groups is 1. The van der Waals surface area contributed by atoms with Crippen LogP contribution in [0.2, 0.25) is 0 Å². The fourth-order valence-corrected chi connectivity index (χ4v) is 4.56. The zero-order valence-corrected chi connectivity index (χ0v) is 17.3. The highest BCUT2D eigenvalue weighted by molar-refractivity contribution is 7.89. The lowest BCUT2D eigenvalue weighted by Gasteiger charge is -2.33. The number of hydrogen-bond acceptors (Lipinski definition) is 5. The summed E-state index contributed by atoms with van der Waals surface area (Å²) in [5, 5.41) is 0. The zero-order chi connectivity index (χ0) is 20.9. The second kappa shape index (κ2) is 9.11. The predicted octanol–water partition coefficient (Wildman–Crippen LogP) is 2.25. The second-order valence-electron chi connectivity index (χ2n) is 6.49. The van der Waals surface area contributed by atoms with E-state index in [2.05, 4.69) is 0 Å². The van der Waals surface area contributed by atoms with Crippen molar-refractivity contribution < 1.29 is 22.7 Å². The Morgan fingerprint density at radius 3 is 2.21 bits per heavy atom. The Labute approximate surface area is 171 Å². The predicted molar refractivity (Wildman–Crippen MR) is 110 cm³/mol. The molecule has 0 N–H and O–H groups in total. The first-order valence-electron chi connectivity index (χ1n) is 9.20. The number of ether oxygens (including phenoxy) is 2. The number of nitrogens with zero attached hydrogens (tertiary/aromatic N) is 2. The first kappa shape index (κ1) is 20.9. The lowest BCUT2D eigenvalue weighted by atomic mass is 10.2. The Morgan fingerprint density at radius 2 is 1.59 bits per heavy atom. The molecule has 1 amide bonds. The van der Waals surface area contributed by atoms with Gasteiger partial charge in [-0.25, -0.2) is 8.42 Å². The van der Waals surface area contributed by atoms with Gasteiger partial charge in [-0.2, -0.15) is 4.31 Å². The molecule has 0 unspecified atom stereocenters. The number of amides is 1. The minimum absolute atomic E-state index is 0.156. The molecule has 0 saturated carbocycles. The zero-order valence-electron chi connectivity index (χ0n) is 16.4. The Bertz CT molecular complexity index is 981. The van der Waals surface area contributed by atoms with Gasteiger partial charge < -0.3 is 14.4 Å². The summed E-state index contributed by atoms with van der Waals surface area (Å²) in [7, 11) is -0.410. The molecule has 0 atom stereocenters. The Kier molecular flexibility index (Phi) is 6.56. The van der Waals surface area contributed by atoms with Gasteiger partial charge >= 0.3 is 0 Å². The van der Waals surface area contributed by atoms with E-state index >= 15 is 0 Å². The highest BCUT2D eigenvalue weighted by atomic mass is 32.2. The molecule has 1 aliphatic rings. The van der Waals surface area contributed by atoms with Crippen LogP contribution in [0.25, 0.3) is 6.08 Å². The molecular formula is C21H24N2O5S. The van der Waals surface area contributed by atoms with Crippen molar-refractivity contribution >= 4 is 22.0 Å². The van der Waals surface area contributed by atoms with Crippen molar-refractivity contribution in [2.75, 3.05) is 40.4 Å². The van der Waals surface area contributed by atoms with Gasteiger partial charge in [0.15, 0.2) is 11.5 Å². The van der Waals surface area contributed by atoms with Crippen LogP contribution in [0.4, 0.5) is 0 Å². The van der Waals surface area contributed by atoms with Crippen LogP contribution >= 0.6 is 0 Å². The van der Waals surface area contributed by atoms with E-state index < -0.39 is 10.0 Å². The smallest absolute Gasteiger partial charge is 0.246 e. The van der Waals surface area contributed by atoms with Crippen molar-refractivity contribution in [3.05, 3.63) is 60.2 Å². The molecule has 1 aliphatic heterocycles. The topological polar surface area (TPSA) is 76.2 Å². The molecule has 2 aromatic carbocycles. The molecule has 1 saturated heterocycles. The van der Waals surface area contributed by atoms with E-state index in [9.17, 15) is 13.2 Å². The van der Waals surface area contributed by atoms with E-state index in [4.69, 9.17) is 9.47 Å². The number of carbonyl (C=O) groups excluding carboxylic acids is 1. The number of piperazine rings is 1. The summed E-state index contributed by atoms with van der Waals surface area (Å²) >= 11 is 0. The summed E-state index contributed by atoms with van der Waals surface area (Å²) in [6.45, 7) is 1.24. The maximum Gasteiger partial charge on any atom is 0.246 e. The van der Waals surface area contributed by atoms with Gasteiger partial charge in [0.25, 0.3) is 0 Å². The first-order chi connectivity index (χ1) is 14.0. The fourth-order valence-electron chi connectivity index (χ4n) is 3.12. The molecule has 0 aromatic heterocycles. The van der Waals surface area contributed by atoms with E-state index in [0.29, 0.717) is 24.6 Å². The van der Waals surface area contributed by atoms with E-state index in [1.54, 1.807) is 67.7 Å². The fraction of sp³-hybridized carbons (Fsp3) is 0.286. The third-order valence-corrected chi connectivity index (χ3v) is 6.67. The van der Waals surface area contributed by atoms with Crippen LogP contribution in [0.15, 0.2) is 59.5 Å². The minimum atomic E-state index is -3.53. The van der Waals surface area contributed by atoms with Crippen LogP contribution in [0.3, 0.4) is 0 Å². The highest BCUT2D eigenvalue weighted by Crippen LogP contribution is 2.28. The summed E-state index contributed by atoms with van der Waals surface area (Å²) in [6, 6.07) is 13.7. The Hall–Kier alpha value is -2.84. The van der Waals surface area contributed by atoms with Gasteiger partial charge in [0.2, 0.25) is 15.9 Å². The quantitative estimate of drug-likeness (QED) is 0.675. The molecule has 154 valence electrons. The molecule has 29 heavy (non-hydrogen) atoms. The number of rotatable bonds is 6. The normalized spacial score (nSPS) is 15.4. The SMILES string of the molecule is COc1ccc(/C=C/C(=O)N2CCN(S(=O)(=O)c3ccccc3)CC2)cc1OC. The summed E-state index contributed by atoms with van der Waals surface area (Å²) in [5.74, 6) is 1.05. The number of benzene rings is 2. The molecule has 1 fully saturated rings. The van der Waals surface area contributed by atoms with Crippen molar-refractivity contribution in [2.45, 2.75) is 4.90 Å². The molecule has 0 spiro atoms. The molecule has 2 aromatic rings. The molecule has 3 rings (SSSR count). The lowest BCUT2D eigenvalue weighted by Crippen LogP contribution is -2.50. The maximum atomic E-state index is 12.7. The van der Waals surface area contributed by atoms with Crippen molar-refractivity contribution in [3.63, 3.8) is 0 Å². The third-order valence-electron chi connectivity index (χ3n) is 4.76. The Morgan fingerprint density at radius 1 is 0.931 bits per heavy atom. The van der Waals surface area contributed by atoms with Crippen LogP contribution < -0.4 is 9.47 Å². The molecule has 7 nitrogen and oxygen atoms in total. The minimum Gasteiger partial charge on any atom is -0.493 e. The first-order valence-corrected chi connectivity index (χ1v) is 10.6. The van der Waals surface area contributed by atoms with Gasteiger partial charge in [0.1, 0.15) is 0 Å². The van der Waals surface area contributed by atoms with E-state index in [-0.39, 0.29) is 23.9 Å². The molecular weight excluding hydrogens is 392 g/mol. The number of methoxy groups -OCH3 is 2. The van der Waals surface area contributed by atoms with Crippen LogP contribution in [0, 0.1) is 0 Å². The van der Waals surface area contributed by atoms with Crippen molar-refractivity contribution in [1.29, 1.82) is 0 Å². The van der Waals surface area contributed by atoms with Crippen molar-refractivity contribution in [2.24, 2.45) is 0 Å². The van der Waals surface area contributed by atoms with Crippen molar-refractivity contribution in [3.8, 4) is 11.5 Å². The van der Waals surface area contributed by atoms with E-state index in [1.165, 1.54) is 10.4 Å². The monoisotopic (exact) mass is 416 g/mol. The van der Waals surface area contributed by atoms with Crippen molar-refractivity contribution in [1.82, 2.24) is 9.21 Å².